The summed E-state index contributed by atoms with van der Waals surface area (Å²) < 4.78 is 0. The van der Waals surface area contributed by atoms with Gasteiger partial charge in [0.05, 0.1) is 0 Å². The van der Waals surface area contributed by atoms with Gasteiger partial charge in [-0.1, -0.05) is 18.2 Å². The largest absolute Gasteiger partial charge is 0.465 e. The second-order valence-corrected chi connectivity index (χ2v) is 3.80. The van der Waals surface area contributed by atoms with Gasteiger partial charge in [0, 0.05) is 18.8 Å². The van der Waals surface area contributed by atoms with Crippen molar-refractivity contribution in [1.29, 1.82) is 0 Å². The van der Waals surface area contributed by atoms with Gasteiger partial charge < -0.3 is 15.4 Å². The lowest BCUT2D eigenvalue weighted by atomic mass is 10.0. The quantitative estimate of drug-likeness (QED) is 0.770. The van der Waals surface area contributed by atoms with Gasteiger partial charge in [-0.15, -0.1) is 0 Å². The zero-order valence-corrected chi connectivity index (χ0v) is 9.51. The highest BCUT2D eigenvalue weighted by molar-refractivity contribution is 5.65. The summed E-state index contributed by atoms with van der Waals surface area (Å²) in [6.07, 6.45) is 0.580. The summed E-state index contributed by atoms with van der Waals surface area (Å²) in [6, 6.07) is 10.6. The van der Waals surface area contributed by atoms with E-state index in [1.165, 1.54) is 6.07 Å². The fraction of sp³-hybridized carbons (Fsp3) is 0.0769. The minimum atomic E-state index is -1.05. The first-order valence-electron chi connectivity index (χ1n) is 5.40. The number of rotatable bonds is 3. The number of nitrogens with one attached hydrogen (secondary N) is 2. The van der Waals surface area contributed by atoms with Gasteiger partial charge in [-0.2, -0.15) is 0 Å². The predicted molar refractivity (Wildman–Crippen MR) is 67.4 cm³/mol. The molecule has 0 aliphatic rings. The predicted octanol–water partition coefficient (Wildman–Crippen LogP) is 1.81. The molecule has 0 atom stereocenters. The van der Waals surface area contributed by atoms with Crippen LogP contribution in [0.25, 0.3) is 11.1 Å². The molecule has 2 aromatic rings. The van der Waals surface area contributed by atoms with Crippen molar-refractivity contribution in [2.45, 2.75) is 6.54 Å². The lowest BCUT2D eigenvalue weighted by Gasteiger charge is -2.05. The monoisotopic (exact) mass is 244 g/mol. The van der Waals surface area contributed by atoms with Gasteiger partial charge in [0.15, 0.2) is 0 Å². The SMILES string of the molecule is O=C(O)NCc1cccc(-c2ccc(=O)[nH]c2)c1. The molecule has 0 radical (unpaired) electrons. The first-order valence-corrected chi connectivity index (χ1v) is 5.40. The van der Waals surface area contributed by atoms with Crippen LogP contribution in [0, 0.1) is 0 Å². The van der Waals surface area contributed by atoms with Crippen LogP contribution in [0.3, 0.4) is 0 Å². The Bertz CT molecular complexity index is 599. The summed E-state index contributed by atoms with van der Waals surface area (Å²) in [5.74, 6) is 0. The number of aromatic nitrogens is 1. The molecule has 3 N–H and O–H groups in total. The van der Waals surface area contributed by atoms with Crippen molar-refractivity contribution >= 4 is 6.09 Å². The van der Waals surface area contributed by atoms with Crippen molar-refractivity contribution in [2.75, 3.05) is 0 Å². The number of carboxylic acid groups (broad SMARTS) is 1. The lowest BCUT2D eigenvalue weighted by Crippen LogP contribution is -2.19. The van der Waals surface area contributed by atoms with Crippen LogP contribution in [0.4, 0.5) is 4.79 Å². The van der Waals surface area contributed by atoms with Crippen molar-refractivity contribution in [3.8, 4) is 11.1 Å². The average molecular weight is 244 g/mol. The molecular weight excluding hydrogens is 232 g/mol. The van der Waals surface area contributed by atoms with Crippen LogP contribution < -0.4 is 10.9 Å². The van der Waals surface area contributed by atoms with Gasteiger partial charge in [-0.05, 0) is 28.8 Å². The van der Waals surface area contributed by atoms with E-state index in [0.717, 1.165) is 16.7 Å². The summed E-state index contributed by atoms with van der Waals surface area (Å²) in [6.45, 7) is 0.256. The molecule has 0 saturated heterocycles. The Morgan fingerprint density at radius 2 is 2.06 bits per heavy atom. The number of carbonyl (C=O) groups is 1. The number of aromatic amines is 1. The van der Waals surface area contributed by atoms with Gasteiger partial charge >= 0.3 is 6.09 Å². The summed E-state index contributed by atoms with van der Waals surface area (Å²) in [5, 5.41) is 10.8. The van der Waals surface area contributed by atoms with Crippen LogP contribution in [0.15, 0.2) is 47.4 Å². The van der Waals surface area contributed by atoms with Gasteiger partial charge in [0.2, 0.25) is 5.56 Å². The molecule has 0 unspecified atom stereocenters. The van der Waals surface area contributed by atoms with E-state index in [-0.39, 0.29) is 12.1 Å². The Morgan fingerprint density at radius 1 is 1.22 bits per heavy atom. The van der Waals surface area contributed by atoms with Crippen LogP contribution in [-0.4, -0.2) is 16.2 Å². The summed E-state index contributed by atoms with van der Waals surface area (Å²) in [7, 11) is 0. The molecule has 0 bridgehead atoms. The first-order chi connectivity index (χ1) is 8.65. The minimum absolute atomic E-state index is 0.151. The molecule has 1 aromatic carbocycles. The molecule has 5 heteroatoms. The number of hydrogen-bond donors (Lipinski definition) is 3. The van der Waals surface area contributed by atoms with Crippen LogP contribution in [-0.2, 0) is 6.54 Å². The number of amides is 1. The van der Waals surface area contributed by atoms with E-state index in [4.69, 9.17) is 5.11 Å². The molecule has 0 saturated carbocycles. The van der Waals surface area contributed by atoms with E-state index in [1.807, 2.05) is 24.3 Å². The number of benzene rings is 1. The molecule has 2 rings (SSSR count). The summed E-state index contributed by atoms with van der Waals surface area (Å²) in [4.78, 5) is 24.0. The topological polar surface area (TPSA) is 82.2 Å². The third-order valence-corrected chi connectivity index (χ3v) is 2.49. The normalized spacial score (nSPS) is 10.0. The van der Waals surface area contributed by atoms with E-state index in [9.17, 15) is 9.59 Å². The van der Waals surface area contributed by atoms with Crippen LogP contribution in [0.1, 0.15) is 5.56 Å². The Hall–Kier alpha value is -2.56. The molecule has 18 heavy (non-hydrogen) atoms. The van der Waals surface area contributed by atoms with Crippen LogP contribution in [0.5, 0.6) is 0 Å². The molecule has 1 heterocycles. The standard InChI is InChI=1S/C13H12N2O3/c16-12-5-4-11(8-14-12)10-3-1-2-9(6-10)7-15-13(17)18/h1-6,8,15H,7H2,(H,14,16)(H,17,18). The van der Waals surface area contributed by atoms with Crippen molar-refractivity contribution in [2.24, 2.45) is 0 Å². The minimum Gasteiger partial charge on any atom is -0.465 e. The lowest BCUT2D eigenvalue weighted by molar-refractivity contribution is 0.194. The second kappa shape index (κ2) is 5.18. The molecule has 1 aromatic heterocycles. The van der Waals surface area contributed by atoms with Crippen molar-refractivity contribution < 1.29 is 9.90 Å². The molecule has 1 amide bonds. The Kier molecular flexibility index (Phi) is 3.43. The fourth-order valence-corrected chi connectivity index (χ4v) is 1.63. The average Bonchev–Trinajstić information content (AvgIpc) is 2.37. The Labute approximate surface area is 103 Å². The number of hydrogen-bond acceptors (Lipinski definition) is 2. The van der Waals surface area contributed by atoms with Gasteiger partial charge in [-0.25, -0.2) is 4.79 Å². The highest BCUT2D eigenvalue weighted by Crippen LogP contribution is 2.18. The molecule has 0 aliphatic carbocycles. The number of H-pyrrole nitrogens is 1. The van der Waals surface area contributed by atoms with Crippen molar-refractivity contribution in [1.82, 2.24) is 10.3 Å². The Balaban J connectivity index is 2.23. The van der Waals surface area contributed by atoms with E-state index >= 15 is 0 Å². The zero-order chi connectivity index (χ0) is 13.0. The molecular formula is C13H12N2O3. The van der Waals surface area contributed by atoms with Crippen LogP contribution >= 0.6 is 0 Å². The van der Waals surface area contributed by atoms with Crippen molar-refractivity contribution in [3.05, 3.63) is 58.5 Å². The van der Waals surface area contributed by atoms with Gasteiger partial charge in [0.25, 0.3) is 0 Å². The fourth-order valence-electron chi connectivity index (χ4n) is 1.63. The smallest absolute Gasteiger partial charge is 0.404 e. The highest BCUT2D eigenvalue weighted by atomic mass is 16.4. The molecule has 0 fully saturated rings. The van der Waals surface area contributed by atoms with E-state index in [2.05, 4.69) is 10.3 Å². The Morgan fingerprint density at radius 3 is 2.72 bits per heavy atom. The maximum atomic E-state index is 11.0. The molecule has 0 spiro atoms. The molecule has 0 aliphatic heterocycles. The van der Waals surface area contributed by atoms with Crippen LogP contribution in [0.2, 0.25) is 0 Å². The molecule has 5 nitrogen and oxygen atoms in total. The van der Waals surface area contributed by atoms with E-state index < -0.39 is 6.09 Å². The van der Waals surface area contributed by atoms with Gasteiger partial charge in [0.1, 0.15) is 0 Å². The van der Waals surface area contributed by atoms with Gasteiger partial charge in [-0.3, -0.25) is 4.79 Å². The number of pyridine rings is 1. The van der Waals surface area contributed by atoms with Crippen molar-refractivity contribution in [3.63, 3.8) is 0 Å². The van der Waals surface area contributed by atoms with E-state index in [1.54, 1.807) is 12.3 Å². The maximum absolute atomic E-state index is 11.0. The first kappa shape index (κ1) is 11.9. The second-order valence-electron chi connectivity index (χ2n) is 3.80. The highest BCUT2D eigenvalue weighted by Gasteiger charge is 2.01. The summed E-state index contributed by atoms with van der Waals surface area (Å²) in [5.41, 5.74) is 2.52. The third kappa shape index (κ3) is 2.98. The maximum Gasteiger partial charge on any atom is 0.404 e. The third-order valence-electron chi connectivity index (χ3n) is 2.49. The molecule has 92 valence electrons. The zero-order valence-electron chi connectivity index (χ0n) is 9.51. The van der Waals surface area contributed by atoms with E-state index in [0.29, 0.717) is 0 Å². The summed E-state index contributed by atoms with van der Waals surface area (Å²) >= 11 is 0.